The predicted octanol–water partition coefficient (Wildman–Crippen LogP) is 0.779. The second kappa shape index (κ2) is 5.99. The third kappa shape index (κ3) is 3.62. The highest BCUT2D eigenvalue weighted by Gasteiger charge is 2.17. The number of primary sulfonamides is 1. The summed E-state index contributed by atoms with van der Waals surface area (Å²) in [5.41, 5.74) is 6.85. The van der Waals surface area contributed by atoms with Crippen molar-refractivity contribution >= 4 is 21.4 Å². The molecule has 0 aliphatic carbocycles. The van der Waals surface area contributed by atoms with Gasteiger partial charge in [-0.05, 0) is 37.0 Å². The maximum Gasteiger partial charge on any atom is 0.240 e. The summed E-state index contributed by atoms with van der Waals surface area (Å²) >= 11 is 0. The number of nitrogen functional groups attached to an aromatic ring is 1. The van der Waals surface area contributed by atoms with Crippen molar-refractivity contribution in [3.63, 3.8) is 0 Å². The van der Waals surface area contributed by atoms with E-state index >= 15 is 0 Å². The number of ether oxygens (including phenoxy) is 1. The number of hydrogen-bond acceptors (Lipinski definition) is 5. The van der Waals surface area contributed by atoms with Gasteiger partial charge in [0.05, 0.1) is 5.69 Å². The molecule has 1 aromatic rings. The van der Waals surface area contributed by atoms with E-state index in [9.17, 15) is 8.42 Å². The van der Waals surface area contributed by atoms with Gasteiger partial charge < -0.3 is 15.4 Å². The lowest BCUT2D eigenvalue weighted by Crippen LogP contribution is -2.29. The van der Waals surface area contributed by atoms with E-state index in [0.717, 1.165) is 38.3 Å². The first kappa shape index (κ1) is 15.1. The number of rotatable bonds is 4. The number of nitrogens with zero attached hydrogens (tertiary/aromatic N) is 1. The molecule has 0 atom stereocenters. The van der Waals surface area contributed by atoms with Crippen molar-refractivity contribution in [1.29, 1.82) is 0 Å². The monoisotopic (exact) mass is 299 g/mol. The van der Waals surface area contributed by atoms with Crippen LogP contribution in [-0.2, 0) is 14.8 Å². The highest BCUT2D eigenvalue weighted by atomic mass is 32.2. The Bertz CT molecular complexity index is 568. The Morgan fingerprint density at radius 3 is 2.55 bits per heavy atom. The highest BCUT2D eigenvalue weighted by Crippen LogP contribution is 2.25. The number of hydrogen-bond donors (Lipinski definition) is 2. The van der Waals surface area contributed by atoms with Gasteiger partial charge in [-0.15, -0.1) is 0 Å². The highest BCUT2D eigenvalue weighted by molar-refractivity contribution is 7.89. The van der Waals surface area contributed by atoms with Crippen LogP contribution >= 0.6 is 0 Å². The first-order valence-corrected chi connectivity index (χ1v) is 8.14. The zero-order valence-corrected chi connectivity index (χ0v) is 12.4. The molecule has 0 unspecified atom stereocenters. The molecule has 7 heteroatoms. The van der Waals surface area contributed by atoms with Crippen molar-refractivity contribution in [2.24, 2.45) is 11.1 Å². The Labute approximate surface area is 119 Å². The molecule has 0 saturated carbocycles. The van der Waals surface area contributed by atoms with Crippen molar-refractivity contribution < 1.29 is 13.2 Å². The summed E-state index contributed by atoms with van der Waals surface area (Å²) in [5.74, 6) is 0.591. The van der Waals surface area contributed by atoms with Gasteiger partial charge in [-0.3, -0.25) is 0 Å². The summed E-state index contributed by atoms with van der Waals surface area (Å²) in [7, 11) is -1.79. The van der Waals surface area contributed by atoms with Crippen LogP contribution in [0.2, 0.25) is 0 Å². The van der Waals surface area contributed by atoms with Crippen LogP contribution in [0.1, 0.15) is 12.8 Å². The lowest BCUT2D eigenvalue weighted by molar-refractivity contribution is 0.0685. The molecule has 1 aliphatic heterocycles. The molecule has 1 saturated heterocycles. The van der Waals surface area contributed by atoms with Gasteiger partial charge in [-0.1, -0.05) is 0 Å². The van der Waals surface area contributed by atoms with E-state index in [0.29, 0.717) is 5.92 Å². The van der Waals surface area contributed by atoms with Crippen LogP contribution in [-0.4, -0.2) is 35.2 Å². The maximum absolute atomic E-state index is 11.3. The smallest absolute Gasteiger partial charge is 0.240 e. The van der Waals surface area contributed by atoms with E-state index in [2.05, 4.69) is 4.90 Å². The van der Waals surface area contributed by atoms with E-state index in [1.807, 2.05) is 7.05 Å². The number of nitrogens with two attached hydrogens (primary N) is 2. The zero-order chi connectivity index (χ0) is 14.8. The van der Waals surface area contributed by atoms with Gasteiger partial charge >= 0.3 is 0 Å². The first-order chi connectivity index (χ1) is 9.38. The number of sulfonamides is 1. The zero-order valence-electron chi connectivity index (χ0n) is 11.6. The summed E-state index contributed by atoms with van der Waals surface area (Å²) in [6, 6.07) is 4.84. The molecule has 6 nitrogen and oxygen atoms in total. The van der Waals surface area contributed by atoms with Gasteiger partial charge in [-0.2, -0.15) is 0 Å². The average Bonchev–Trinajstić information content (AvgIpc) is 2.38. The summed E-state index contributed by atoms with van der Waals surface area (Å²) in [5, 5.41) is 5.10. The molecule has 1 aliphatic rings. The Hall–Kier alpha value is -1.31. The van der Waals surface area contributed by atoms with Crippen molar-refractivity contribution in [3.05, 3.63) is 18.2 Å². The lowest BCUT2D eigenvalue weighted by Gasteiger charge is -2.28. The SMILES string of the molecule is CN(CC1CCOCC1)c1ccc(S(N)(=O)=O)c(N)c1. The van der Waals surface area contributed by atoms with Gasteiger partial charge in [0, 0.05) is 32.5 Å². The molecule has 1 heterocycles. The molecule has 2 rings (SSSR count). The van der Waals surface area contributed by atoms with Crippen LogP contribution in [0.3, 0.4) is 0 Å². The van der Waals surface area contributed by atoms with Gasteiger partial charge in [-0.25, -0.2) is 13.6 Å². The quantitative estimate of drug-likeness (QED) is 0.800. The molecule has 0 aromatic heterocycles. The Balaban J connectivity index is 2.10. The van der Waals surface area contributed by atoms with Gasteiger partial charge in [0.1, 0.15) is 4.90 Å². The molecule has 1 fully saturated rings. The van der Waals surface area contributed by atoms with Crippen molar-refractivity contribution in [3.8, 4) is 0 Å². The topological polar surface area (TPSA) is 98.6 Å². The molecule has 0 bridgehead atoms. The van der Waals surface area contributed by atoms with E-state index < -0.39 is 10.0 Å². The standard InChI is InChI=1S/C13H21N3O3S/c1-16(9-10-4-6-19-7-5-10)11-2-3-13(12(14)8-11)20(15,17)18/h2-3,8,10H,4-7,9,14H2,1H3,(H2,15,17,18). The predicted molar refractivity (Wildman–Crippen MR) is 79.0 cm³/mol. The third-order valence-electron chi connectivity index (χ3n) is 3.61. The largest absolute Gasteiger partial charge is 0.398 e. The van der Waals surface area contributed by atoms with E-state index in [1.54, 1.807) is 12.1 Å². The normalized spacial score (nSPS) is 17.1. The molecule has 1 aromatic carbocycles. The molecule has 4 N–H and O–H groups in total. The summed E-state index contributed by atoms with van der Waals surface area (Å²) in [6.45, 7) is 2.52. The van der Waals surface area contributed by atoms with E-state index in [-0.39, 0.29) is 10.6 Å². The second-order valence-electron chi connectivity index (χ2n) is 5.20. The van der Waals surface area contributed by atoms with Crippen LogP contribution in [0, 0.1) is 5.92 Å². The molecule has 0 amide bonds. The summed E-state index contributed by atoms with van der Waals surface area (Å²) in [4.78, 5) is 2.06. The summed E-state index contributed by atoms with van der Waals surface area (Å²) < 4.78 is 28.0. The van der Waals surface area contributed by atoms with Gasteiger partial charge in [0.25, 0.3) is 0 Å². The third-order valence-corrected chi connectivity index (χ3v) is 4.60. The van der Waals surface area contributed by atoms with Gasteiger partial charge in [0.2, 0.25) is 10.0 Å². The molecule has 20 heavy (non-hydrogen) atoms. The Morgan fingerprint density at radius 1 is 1.35 bits per heavy atom. The van der Waals surface area contributed by atoms with Crippen LogP contribution in [0.25, 0.3) is 0 Å². The van der Waals surface area contributed by atoms with E-state index in [4.69, 9.17) is 15.6 Å². The van der Waals surface area contributed by atoms with Crippen molar-refractivity contribution in [2.75, 3.05) is 37.4 Å². The lowest BCUT2D eigenvalue weighted by atomic mass is 10.00. The number of anilines is 2. The summed E-state index contributed by atoms with van der Waals surface area (Å²) in [6.07, 6.45) is 2.10. The Kier molecular flexibility index (Phi) is 4.52. The molecular weight excluding hydrogens is 278 g/mol. The number of benzene rings is 1. The van der Waals surface area contributed by atoms with Gasteiger partial charge in [0.15, 0.2) is 0 Å². The van der Waals surface area contributed by atoms with E-state index in [1.165, 1.54) is 6.07 Å². The maximum atomic E-state index is 11.3. The van der Waals surface area contributed by atoms with Crippen LogP contribution in [0.15, 0.2) is 23.1 Å². The van der Waals surface area contributed by atoms with Crippen molar-refractivity contribution in [1.82, 2.24) is 0 Å². The average molecular weight is 299 g/mol. The second-order valence-corrected chi connectivity index (χ2v) is 6.73. The first-order valence-electron chi connectivity index (χ1n) is 6.59. The molecule has 0 radical (unpaired) electrons. The van der Waals surface area contributed by atoms with Crippen LogP contribution in [0.5, 0.6) is 0 Å². The fourth-order valence-corrected chi connectivity index (χ4v) is 3.10. The minimum atomic E-state index is -3.76. The van der Waals surface area contributed by atoms with Crippen LogP contribution < -0.4 is 15.8 Å². The molecule has 0 spiro atoms. The molecule has 112 valence electrons. The van der Waals surface area contributed by atoms with Crippen LogP contribution in [0.4, 0.5) is 11.4 Å². The fraction of sp³-hybridized carbons (Fsp3) is 0.538. The van der Waals surface area contributed by atoms with Crippen molar-refractivity contribution in [2.45, 2.75) is 17.7 Å². The minimum Gasteiger partial charge on any atom is -0.398 e. The fourth-order valence-electron chi connectivity index (χ4n) is 2.45. The Morgan fingerprint density at radius 2 is 2.00 bits per heavy atom. The minimum absolute atomic E-state index is 0.0271. The molecular formula is C13H21N3O3S.